The Balaban J connectivity index is 1.54. The molecular formula is C15H18N2O4. The Hall–Kier alpha value is -1.82. The number of rotatable bonds is 5. The minimum atomic E-state index is -1.02. The van der Waals surface area contributed by atoms with Gasteiger partial charge in [-0.3, -0.25) is 0 Å². The molecule has 112 valence electrons. The topological polar surface area (TPSA) is 71.9 Å². The molecule has 21 heavy (non-hydrogen) atoms. The van der Waals surface area contributed by atoms with Gasteiger partial charge in [-0.15, -0.1) is 0 Å². The summed E-state index contributed by atoms with van der Waals surface area (Å²) in [6.45, 7) is 4.14. The standard InChI is InChI=1S/C15H18N2O4/c18-14(19)11-3-4-12(13(16-11)21-5-10-1-2-10)17-6-15(7-17)8-20-9-15/h3-4,10H,1-2,5-9H2,(H,18,19). The second-order valence-corrected chi connectivity index (χ2v) is 6.43. The first-order valence-corrected chi connectivity index (χ1v) is 7.35. The molecule has 1 spiro atoms. The van der Waals surface area contributed by atoms with Crippen molar-refractivity contribution in [3.05, 3.63) is 17.8 Å². The lowest BCUT2D eigenvalue weighted by Gasteiger charge is -2.55. The lowest BCUT2D eigenvalue weighted by molar-refractivity contribution is -0.127. The van der Waals surface area contributed by atoms with E-state index in [9.17, 15) is 4.79 Å². The van der Waals surface area contributed by atoms with Crippen molar-refractivity contribution in [3.8, 4) is 5.88 Å². The minimum absolute atomic E-state index is 0.0340. The summed E-state index contributed by atoms with van der Waals surface area (Å²) in [7, 11) is 0. The van der Waals surface area contributed by atoms with Crippen molar-refractivity contribution in [2.24, 2.45) is 11.3 Å². The SMILES string of the molecule is O=C(O)c1ccc(N2CC3(COC3)C2)c(OCC2CC2)n1. The van der Waals surface area contributed by atoms with Gasteiger partial charge in [0.2, 0.25) is 5.88 Å². The van der Waals surface area contributed by atoms with E-state index in [1.54, 1.807) is 6.07 Å². The Kier molecular flexibility index (Phi) is 2.82. The Labute approximate surface area is 122 Å². The van der Waals surface area contributed by atoms with Gasteiger partial charge in [0.05, 0.1) is 30.9 Å². The molecule has 3 fully saturated rings. The summed E-state index contributed by atoms with van der Waals surface area (Å²) in [6, 6.07) is 3.36. The van der Waals surface area contributed by atoms with Crippen molar-refractivity contribution < 1.29 is 19.4 Å². The van der Waals surface area contributed by atoms with Crippen LogP contribution < -0.4 is 9.64 Å². The number of ether oxygens (including phenoxy) is 2. The van der Waals surface area contributed by atoms with Crippen molar-refractivity contribution in [2.75, 3.05) is 37.8 Å². The van der Waals surface area contributed by atoms with Crippen LogP contribution in [0.5, 0.6) is 5.88 Å². The van der Waals surface area contributed by atoms with E-state index in [1.165, 1.54) is 12.8 Å². The molecule has 1 aromatic rings. The van der Waals surface area contributed by atoms with Crippen LogP contribution in [0.25, 0.3) is 0 Å². The van der Waals surface area contributed by atoms with Crippen LogP contribution in [0.1, 0.15) is 23.3 Å². The molecule has 1 aromatic heterocycles. The zero-order valence-electron chi connectivity index (χ0n) is 11.7. The van der Waals surface area contributed by atoms with Crippen LogP contribution in [-0.2, 0) is 4.74 Å². The molecule has 3 heterocycles. The number of carbonyl (C=O) groups is 1. The summed E-state index contributed by atoms with van der Waals surface area (Å²) in [4.78, 5) is 17.4. The minimum Gasteiger partial charge on any atom is -0.477 e. The highest BCUT2D eigenvalue weighted by Crippen LogP contribution is 2.43. The molecule has 0 unspecified atom stereocenters. The quantitative estimate of drug-likeness (QED) is 0.884. The van der Waals surface area contributed by atoms with E-state index >= 15 is 0 Å². The number of aromatic nitrogens is 1. The van der Waals surface area contributed by atoms with Crippen LogP contribution in [0.2, 0.25) is 0 Å². The van der Waals surface area contributed by atoms with Crippen LogP contribution in [0.4, 0.5) is 5.69 Å². The second kappa shape index (κ2) is 4.59. The van der Waals surface area contributed by atoms with Crippen molar-refractivity contribution in [3.63, 3.8) is 0 Å². The van der Waals surface area contributed by atoms with Crippen molar-refractivity contribution >= 4 is 11.7 Å². The van der Waals surface area contributed by atoms with Gasteiger partial charge in [-0.2, -0.15) is 0 Å². The van der Waals surface area contributed by atoms with Crippen molar-refractivity contribution in [2.45, 2.75) is 12.8 Å². The summed E-state index contributed by atoms with van der Waals surface area (Å²) in [5, 5.41) is 9.08. The van der Waals surface area contributed by atoms with Crippen LogP contribution in [0.3, 0.4) is 0 Å². The normalized spacial score (nSPS) is 22.6. The van der Waals surface area contributed by atoms with Gasteiger partial charge in [-0.25, -0.2) is 9.78 Å². The van der Waals surface area contributed by atoms with Crippen LogP contribution in [0.15, 0.2) is 12.1 Å². The molecule has 0 bridgehead atoms. The molecule has 4 rings (SSSR count). The maximum Gasteiger partial charge on any atom is 0.354 e. The van der Waals surface area contributed by atoms with E-state index in [4.69, 9.17) is 14.6 Å². The first-order valence-electron chi connectivity index (χ1n) is 7.35. The highest BCUT2D eigenvalue weighted by Gasteiger charge is 2.49. The number of anilines is 1. The smallest absolute Gasteiger partial charge is 0.354 e. The maximum atomic E-state index is 11.1. The summed E-state index contributed by atoms with van der Waals surface area (Å²) in [6.07, 6.45) is 2.39. The summed E-state index contributed by atoms with van der Waals surface area (Å²) < 4.78 is 11.1. The lowest BCUT2D eigenvalue weighted by atomic mass is 9.78. The average Bonchev–Trinajstić information content (AvgIpc) is 3.17. The summed E-state index contributed by atoms with van der Waals surface area (Å²) in [5.41, 5.74) is 1.24. The molecule has 1 saturated carbocycles. The largest absolute Gasteiger partial charge is 0.477 e. The summed E-state index contributed by atoms with van der Waals surface area (Å²) >= 11 is 0. The first-order chi connectivity index (χ1) is 10.2. The van der Waals surface area contributed by atoms with Crippen LogP contribution in [-0.4, -0.2) is 49.0 Å². The molecule has 2 aliphatic heterocycles. The molecule has 1 aliphatic carbocycles. The van der Waals surface area contributed by atoms with E-state index < -0.39 is 5.97 Å². The van der Waals surface area contributed by atoms with Gasteiger partial charge >= 0.3 is 5.97 Å². The highest BCUT2D eigenvalue weighted by atomic mass is 16.5. The molecule has 0 radical (unpaired) electrons. The van der Waals surface area contributed by atoms with Crippen LogP contribution >= 0.6 is 0 Å². The molecule has 6 nitrogen and oxygen atoms in total. The second-order valence-electron chi connectivity index (χ2n) is 6.43. The van der Waals surface area contributed by atoms with Crippen molar-refractivity contribution in [1.82, 2.24) is 4.98 Å². The fraction of sp³-hybridized carbons (Fsp3) is 0.600. The Bertz CT molecular complexity index is 573. The predicted octanol–water partition coefficient (Wildman–Crippen LogP) is 1.41. The Morgan fingerprint density at radius 1 is 1.43 bits per heavy atom. The van der Waals surface area contributed by atoms with E-state index in [2.05, 4.69) is 9.88 Å². The molecular weight excluding hydrogens is 272 g/mol. The van der Waals surface area contributed by atoms with Crippen molar-refractivity contribution in [1.29, 1.82) is 0 Å². The zero-order chi connectivity index (χ0) is 14.4. The number of hydrogen-bond acceptors (Lipinski definition) is 5. The molecule has 6 heteroatoms. The van der Waals surface area contributed by atoms with Crippen LogP contribution in [0, 0.1) is 11.3 Å². The summed E-state index contributed by atoms with van der Waals surface area (Å²) in [5.74, 6) is 0.0399. The molecule has 1 N–H and O–H groups in total. The average molecular weight is 290 g/mol. The predicted molar refractivity (Wildman–Crippen MR) is 74.9 cm³/mol. The maximum absolute atomic E-state index is 11.1. The number of pyridine rings is 1. The van der Waals surface area contributed by atoms with Gasteiger partial charge in [0.1, 0.15) is 0 Å². The van der Waals surface area contributed by atoms with Gasteiger partial charge in [-0.05, 0) is 30.9 Å². The molecule has 0 atom stereocenters. The monoisotopic (exact) mass is 290 g/mol. The molecule has 0 aromatic carbocycles. The van der Waals surface area contributed by atoms with Gasteiger partial charge < -0.3 is 19.5 Å². The Morgan fingerprint density at radius 3 is 2.76 bits per heavy atom. The molecule has 0 amide bonds. The van der Waals surface area contributed by atoms with Gasteiger partial charge in [0.25, 0.3) is 0 Å². The highest BCUT2D eigenvalue weighted by molar-refractivity contribution is 5.86. The van der Waals surface area contributed by atoms with Gasteiger partial charge in [-0.1, -0.05) is 0 Å². The number of aromatic carboxylic acids is 1. The zero-order valence-corrected chi connectivity index (χ0v) is 11.7. The molecule has 3 aliphatic rings. The molecule has 2 saturated heterocycles. The number of nitrogens with zero attached hydrogens (tertiary/aromatic N) is 2. The van der Waals surface area contributed by atoms with E-state index in [-0.39, 0.29) is 5.69 Å². The fourth-order valence-electron chi connectivity index (χ4n) is 2.89. The number of hydrogen-bond donors (Lipinski definition) is 1. The fourth-order valence-corrected chi connectivity index (χ4v) is 2.89. The van der Waals surface area contributed by atoms with Gasteiger partial charge in [0, 0.05) is 13.1 Å². The van der Waals surface area contributed by atoms with E-state index in [0.29, 0.717) is 23.8 Å². The lowest BCUT2D eigenvalue weighted by Crippen LogP contribution is -2.66. The number of carboxylic acids is 1. The Morgan fingerprint density at radius 2 is 2.19 bits per heavy atom. The first kappa shape index (κ1) is 12.9. The third-order valence-electron chi connectivity index (χ3n) is 4.42. The third kappa shape index (κ3) is 2.33. The van der Waals surface area contributed by atoms with Gasteiger partial charge in [0.15, 0.2) is 5.69 Å². The van der Waals surface area contributed by atoms with E-state index in [1.807, 2.05) is 6.07 Å². The van der Waals surface area contributed by atoms with E-state index in [0.717, 1.165) is 32.0 Å². The third-order valence-corrected chi connectivity index (χ3v) is 4.42. The number of carboxylic acid groups (broad SMARTS) is 1.